The van der Waals surface area contributed by atoms with E-state index < -0.39 is 0 Å². The fourth-order valence-corrected chi connectivity index (χ4v) is 3.39. The number of nitrogens with one attached hydrogen (secondary N) is 1. The molecule has 6 heteroatoms. The zero-order chi connectivity index (χ0) is 17.9. The fourth-order valence-electron chi connectivity index (χ4n) is 3.25. The molecule has 134 valence electrons. The Morgan fingerprint density at radius 3 is 2.80 bits per heavy atom. The Balaban J connectivity index is 1.45. The highest BCUT2D eigenvalue weighted by Crippen LogP contribution is 2.30. The minimum absolute atomic E-state index is 0.0219. The summed E-state index contributed by atoms with van der Waals surface area (Å²) in [6, 6.07) is 3.11. The number of hydrogen-bond donors (Lipinski definition) is 2. The molecule has 0 radical (unpaired) electrons. The van der Waals surface area contributed by atoms with Crippen molar-refractivity contribution in [2.45, 2.75) is 37.5 Å². The van der Waals surface area contributed by atoms with Crippen molar-refractivity contribution in [1.82, 2.24) is 9.88 Å². The number of likely N-dealkylation sites (tertiary alicyclic amines) is 1. The van der Waals surface area contributed by atoms with Crippen LogP contribution in [0, 0.1) is 5.92 Å². The van der Waals surface area contributed by atoms with Gasteiger partial charge >= 0.3 is 0 Å². The Labute approximate surface area is 153 Å². The van der Waals surface area contributed by atoms with Crippen molar-refractivity contribution in [3.8, 4) is 5.75 Å². The predicted molar refractivity (Wildman–Crippen MR) is 99.5 cm³/mol. The van der Waals surface area contributed by atoms with Gasteiger partial charge in [-0.15, -0.1) is 11.6 Å². The third kappa shape index (κ3) is 4.98. The summed E-state index contributed by atoms with van der Waals surface area (Å²) in [7, 11) is 0. The van der Waals surface area contributed by atoms with Crippen molar-refractivity contribution in [1.29, 1.82) is 0 Å². The smallest absolute Gasteiger partial charge is 0.225 e. The molecule has 1 saturated heterocycles. The van der Waals surface area contributed by atoms with Crippen LogP contribution in [-0.4, -0.2) is 38.9 Å². The van der Waals surface area contributed by atoms with Crippen molar-refractivity contribution in [2.75, 3.05) is 18.4 Å². The summed E-state index contributed by atoms with van der Waals surface area (Å²) in [6.45, 7) is 3.95. The van der Waals surface area contributed by atoms with Gasteiger partial charge in [0.15, 0.2) is 0 Å². The average Bonchev–Trinajstić information content (AvgIpc) is 2.58. The molecule has 1 unspecified atom stereocenters. The van der Waals surface area contributed by atoms with Gasteiger partial charge in [-0.2, -0.15) is 0 Å². The zero-order valence-electron chi connectivity index (χ0n) is 14.4. The van der Waals surface area contributed by atoms with Gasteiger partial charge in [0.25, 0.3) is 0 Å². The Hall–Kier alpha value is -2.01. The summed E-state index contributed by atoms with van der Waals surface area (Å²) < 4.78 is 0. The van der Waals surface area contributed by atoms with E-state index >= 15 is 0 Å². The number of hydrogen-bond acceptors (Lipinski definition) is 4. The van der Waals surface area contributed by atoms with Crippen molar-refractivity contribution < 1.29 is 9.90 Å². The number of anilines is 1. The lowest BCUT2D eigenvalue weighted by atomic mass is 9.92. The first kappa shape index (κ1) is 17.8. The Morgan fingerprint density at radius 2 is 2.20 bits per heavy atom. The molecule has 25 heavy (non-hydrogen) atoms. The summed E-state index contributed by atoms with van der Waals surface area (Å²) in [5.41, 5.74) is 1.24. The molecule has 2 aliphatic rings. The highest BCUT2D eigenvalue weighted by Gasteiger charge is 2.25. The first-order valence-corrected chi connectivity index (χ1v) is 9.07. The number of allylic oxidation sites excluding steroid dienone is 3. The molecular weight excluding hydrogens is 338 g/mol. The SMILES string of the molecule is CC1(Cl)C=CC(N2CCC(CC(=O)Nc3ccc(O)cn3)CC2)=CC1. The van der Waals surface area contributed by atoms with Crippen LogP contribution < -0.4 is 5.32 Å². The Kier molecular flexibility index (Phi) is 5.33. The Morgan fingerprint density at radius 1 is 1.44 bits per heavy atom. The molecule has 1 fully saturated rings. The van der Waals surface area contributed by atoms with Crippen molar-refractivity contribution in [3.05, 3.63) is 42.3 Å². The molecule has 2 N–H and O–H groups in total. The molecule has 0 spiro atoms. The van der Waals surface area contributed by atoms with Crippen molar-refractivity contribution >= 4 is 23.3 Å². The van der Waals surface area contributed by atoms with Gasteiger partial charge in [0.1, 0.15) is 11.6 Å². The van der Waals surface area contributed by atoms with Crippen LogP contribution in [0.1, 0.15) is 32.6 Å². The van der Waals surface area contributed by atoms with E-state index in [2.05, 4.69) is 33.4 Å². The van der Waals surface area contributed by atoms with E-state index in [1.807, 2.05) is 6.92 Å². The molecule has 2 heterocycles. The van der Waals surface area contributed by atoms with Crippen LogP contribution >= 0.6 is 11.6 Å². The summed E-state index contributed by atoms with van der Waals surface area (Å²) in [4.78, 5) is 18.2. The van der Waals surface area contributed by atoms with Gasteiger partial charge in [0, 0.05) is 25.2 Å². The molecule has 0 saturated carbocycles. The van der Waals surface area contributed by atoms with E-state index in [0.29, 0.717) is 18.2 Å². The highest BCUT2D eigenvalue weighted by molar-refractivity contribution is 6.25. The highest BCUT2D eigenvalue weighted by atomic mass is 35.5. The first-order valence-electron chi connectivity index (χ1n) is 8.69. The second-order valence-corrected chi connectivity index (χ2v) is 7.89. The molecule has 5 nitrogen and oxygen atoms in total. The monoisotopic (exact) mass is 361 g/mol. The third-order valence-electron chi connectivity index (χ3n) is 4.78. The maximum atomic E-state index is 12.2. The number of pyridine rings is 1. The topological polar surface area (TPSA) is 65.5 Å². The first-order chi connectivity index (χ1) is 11.9. The number of alkyl halides is 1. The molecule has 1 aromatic rings. The lowest BCUT2D eigenvalue weighted by Crippen LogP contribution is -2.35. The number of amides is 1. The minimum Gasteiger partial charge on any atom is -0.506 e. The summed E-state index contributed by atoms with van der Waals surface area (Å²) >= 11 is 6.32. The largest absolute Gasteiger partial charge is 0.506 e. The van der Waals surface area contributed by atoms with Crippen LogP contribution in [0.4, 0.5) is 5.82 Å². The number of aromatic hydroxyl groups is 1. The molecule has 1 aliphatic heterocycles. The van der Waals surface area contributed by atoms with Gasteiger partial charge < -0.3 is 15.3 Å². The standard InChI is InChI=1S/C19H24ClN3O2/c1-19(20)8-4-15(5-9-19)23-10-6-14(7-11-23)12-18(25)22-17-3-2-16(24)13-21-17/h2-5,8,13-14,24H,6-7,9-12H2,1H3,(H,21,22,25). The van der Waals surface area contributed by atoms with Crippen LogP contribution in [0.5, 0.6) is 5.75 Å². The summed E-state index contributed by atoms with van der Waals surface area (Å²) in [6.07, 6.45) is 11.1. The maximum absolute atomic E-state index is 12.2. The third-order valence-corrected chi connectivity index (χ3v) is 5.06. The van der Waals surface area contributed by atoms with Gasteiger partial charge in [-0.05, 0) is 50.3 Å². The normalized spacial score (nSPS) is 24.1. The van der Waals surface area contributed by atoms with Gasteiger partial charge in [0.2, 0.25) is 5.91 Å². The molecule has 0 aromatic carbocycles. The van der Waals surface area contributed by atoms with E-state index in [0.717, 1.165) is 32.4 Å². The quantitative estimate of drug-likeness (QED) is 0.803. The lowest BCUT2D eigenvalue weighted by Gasteiger charge is -2.35. The van der Waals surface area contributed by atoms with Gasteiger partial charge in [-0.3, -0.25) is 4.79 Å². The number of piperidine rings is 1. The number of carbonyl (C=O) groups excluding carboxylic acids is 1. The average molecular weight is 362 g/mol. The van der Waals surface area contributed by atoms with E-state index in [4.69, 9.17) is 11.6 Å². The van der Waals surface area contributed by atoms with Crippen LogP contribution in [0.2, 0.25) is 0 Å². The molecule has 1 atom stereocenters. The molecule has 3 rings (SSSR count). The van der Waals surface area contributed by atoms with E-state index in [1.54, 1.807) is 6.07 Å². The zero-order valence-corrected chi connectivity index (χ0v) is 15.2. The number of rotatable bonds is 4. The molecule has 0 bridgehead atoms. The second-order valence-electron chi connectivity index (χ2n) is 7.03. The Bertz CT molecular complexity index is 674. The van der Waals surface area contributed by atoms with Crippen LogP contribution in [-0.2, 0) is 4.79 Å². The molecule has 1 aromatic heterocycles. The summed E-state index contributed by atoms with van der Waals surface area (Å²) in [5, 5.41) is 12.0. The van der Waals surface area contributed by atoms with E-state index in [1.165, 1.54) is 18.0 Å². The number of aromatic nitrogens is 1. The maximum Gasteiger partial charge on any atom is 0.225 e. The van der Waals surface area contributed by atoms with Gasteiger partial charge in [0.05, 0.1) is 11.1 Å². The van der Waals surface area contributed by atoms with Crippen LogP contribution in [0.25, 0.3) is 0 Å². The molecule has 1 amide bonds. The summed E-state index contributed by atoms with van der Waals surface area (Å²) in [5.74, 6) is 0.930. The number of halogens is 1. The van der Waals surface area contributed by atoms with E-state index in [9.17, 15) is 9.90 Å². The van der Waals surface area contributed by atoms with Crippen molar-refractivity contribution in [2.24, 2.45) is 5.92 Å². The fraction of sp³-hybridized carbons (Fsp3) is 0.474. The van der Waals surface area contributed by atoms with E-state index in [-0.39, 0.29) is 16.5 Å². The van der Waals surface area contributed by atoms with Crippen molar-refractivity contribution in [3.63, 3.8) is 0 Å². The van der Waals surface area contributed by atoms with Gasteiger partial charge in [-0.25, -0.2) is 4.98 Å². The number of carbonyl (C=O) groups is 1. The molecular formula is C19H24ClN3O2. The minimum atomic E-state index is -0.262. The second kappa shape index (κ2) is 7.48. The lowest BCUT2D eigenvalue weighted by molar-refractivity contribution is -0.117. The predicted octanol–water partition coefficient (Wildman–Crippen LogP) is 3.67. The molecule has 1 aliphatic carbocycles. The number of nitrogens with zero attached hydrogens (tertiary/aromatic N) is 2. The van der Waals surface area contributed by atoms with Gasteiger partial charge in [-0.1, -0.05) is 12.2 Å². The van der Waals surface area contributed by atoms with Crippen LogP contribution in [0.3, 0.4) is 0 Å². The van der Waals surface area contributed by atoms with Crippen LogP contribution in [0.15, 0.2) is 42.3 Å².